The standard InChI is InChI=1S/C21H37N9O6/c1-3-11(2)16(19(34)28-14(20(35)36)7-12-8-25-10-27-12)30-18(33)15(9-31)29-17(32)13(22)5-4-6-26-21(23)24/h8,10-11,13-16,31H,3-7,9,22H2,1-2H3,(H,25,27)(H,28,34)(H,29,32)(H,30,33)(H,35,36)(H4,23,24,26). The molecule has 0 saturated carbocycles. The van der Waals surface area contributed by atoms with Gasteiger partial charge in [-0.3, -0.25) is 19.4 Å². The molecule has 0 aliphatic heterocycles. The zero-order valence-corrected chi connectivity index (χ0v) is 20.4. The molecular weight excluding hydrogens is 474 g/mol. The number of carboxylic acids is 1. The van der Waals surface area contributed by atoms with Gasteiger partial charge in [-0.1, -0.05) is 20.3 Å². The van der Waals surface area contributed by atoms with E-state index in [1.807, 2.05) is 0 Å². The Kier molecular flexibility index (Phi) is 12.9. The highest BCUT2D eigenvalue weighted by molar-refractivity contribution is 5.94. The van der Waals surface area contributed by atoms with Crippen molar-refractivity contribution in [1.29, 1.82) is 0 Å². The van der Waals surface area contributed by atoms with Gasteiger partial charge in [-0.15, -0.1) is 0 Å². The lowest BCUT2D eigenvalue weighted by Gasteiger charge is -2.27. The molecule has 0 aliphatic rings. The molecule has 5 atom stereocenters. The number of nitrogens with two attached hydrogens (primary N) is 3. The summed E-state index contributed by atoms with van der Waals surface area (Å²) < 4.78 is 0. The molecule has 3 amide bonds. The molecule has 0 aromatic carbocycles. The van der Waals surface area contributed by atoms with Crippen LogP contribution in [0.5, 0.6) is 0 Å². The molecule has 0 spiro atoms. The summed E-state index contributed by atoms with van der Waals surface area (Å²) in [5.41, 5.74) is 16.8. The van der Waals surface area contributed by atoms with E-state index in [0.717, 1.165) is 0 Å². The molecule has 0 fully saturated rings. The first-order valence-electron chi connectivity index (χ1n) is 11.5. The van der Waals surface area contributed by atoms with Gasteiger partial charge < -0.3 is 48.3 Å². The predicted molar refractivity (Wildman–Crippen MR) is 130 cm³/mol. The monoisotopic (exact) mass is 511 g/mol. The first-order valence-corrected chi connectivity index (χ1v) is 11.5. The summed E-state index contributed by atoms with van der Waals surface area (Å²) in [6.07, 6.45) is 3.91. The highest BCUT2D eigenvalue weighted by Crippen LogP contribution is 2.10. The third-order valence-electron chi connectivity index (χ3n) is 5.51. The van der Waals surface area contributed by atoms with Crippen molar-refractivity contribution in [3.8, 4) is 0 Å². The van der Waals surface area contributed by atoms with Crippen LogP contribution in [0, 0.1) is 5.92 Å². The van der Waals surface area contributed by atoms with E-state index in [4.69, 9.17) is 17.2 Å². The summed E-state index contributed by atoms with van der Waals surface area (Å²) in [5, 5.41) is 26.5. The number of guanidine groups is 1. The van der Waals surface area contributed by atoms with Gasteiger partial charge in [-0.25, -0.2) is 9.78 Å². The molecular formula is C21H37N9O6. The van der Waals surface area contributed by atoms with E-state index in [9.17, 15) is 29.4 Å². The smallest absolute Gasteiger partial charge is 0.326 e. The zero-order chi connectivity index (χ0) is 27.3. The molecule has 12 N–H and O–H groups in total. The van der Waals surface area contributed by atoms with Gasteiger partial charge in [0.1, 0.15) is 18.1 Å². The number of aromatic amines is 1. The predicted octanol–water partition coefficient (Wildman–Crippen LogP) is -3.09. The number of aliphatic imine (C=N–C) groups is 1. The molecule has 1 aromatic rings. The lowest BCUT2D eigenvalue weighted by atomic mass is 9.97. The number of aliphatic hydroxyl groups is 1. The number of aliphatic hydroxyl groups excluding tert-OH is 1. The van der Waals surface area contributed by atoms with Crippen LogP contribution in [0.15, 0.2) is 17.5 Å². The topological polar surface area (TPSA) is 264 Å². The molecule has 1 heterocycles. The van der Waals surface area contributed by atoms with Crippen molar-refractivity contribution in [3.05, 3.63) is 18.2 Å². The molecule has 15 nitrogen and oxygen atoms in total. The number of imidazole rings is 1. The maximum absolute atomic E-state index is 12.9. The molecule has 36 heavy (non-hydrogen) atoms. The van der Waals surface area contributed by atoms with E-state index in [-0.39, 0.29) is 31.3 Å². The van der Waals surface area contributed by atoms with Crippen molar-refractivity contribution >= 4 is 29.7 Å². The summed E-state index contributed by atoms with van der Waals surface area (Å²) in [7, 11) is 0. The normalized spacial score (nSPS) is 15.0. The zero-order valence-electron chi connectivity index (χ0n) is 20.4. The molecule has 1 rings (SSSR count). The Morgan fingerprint density at radius 3 is 2.31 bits per heavy atom. The van der Waals surface area contributed by atoms with E-state index in [2.05, 4.69) is 30.9 Å². The van der Waals surface area contributed by atoms with Crippen molar-refractivity contribution < 1.29 is 29.4 Å². The molecule has 202 valence electrons. The second-order valence-corrected chi connectivity index (χ2v) is 8.35. The van der Waals surface area contributed by atoms with Gasteiger partial charge in [-0.2, -0.15) is 0 Å². The Hall–Kier alpha value is -3.72. The van der Waals surface area contributed by atoms with Crippen LogP contribution in [0.4, 0.5) is 0 Å². The lowest BCUT2D eigenvalue weighted by molar-refractivity contribution is -0.142. The van der Waals surface area contributed by atoms with Gasteiger partial charge >= 0.3 is 5.97 Å². The number of aliphatic carboxylic acids is 1. The Bertz CT molecular complexity index is 888. The second kappa shape index (κ2) is 15.3. The number of amides is 3. The first kappa shape index (κ1) is 30.3. The number of rotatable bonds is 16. The lowest BCUT2D eigenvalue weighted by Crippen LogP contribution is -2.59. The minimum Gasteiger partial charge on any atom is -0.480 e. The van der Waals surface area contributed by atoms with E-state index >= 15 is 0 Å². The number of hydrogen-bond acceptors (Lipinski definition) is 8. The number of carbonyl (C=O) groups is 4. The van der Waals surface area contributed by atoms with E-state index in [1.54, 1.807) is 13.8 Å². The molecule has 0 aliphatic carbocycles. The van der Waals surface area contributed by atoms with Crippen molar-refractivity contribution in [2.75, 3.05) is 13.2 Å². The number of nitrogens with one attached hydrogen (secondary N) is 4. The summed E-state index contributed by atoms with van der Waals surface area (Å²) in [6, 6.07) is -4.74. The SMILES string of the molecule is CCC(C)C(NC(=O)C(CO)NC(=O)C(N)CCCN=C(N)N)C(=O)NC(Cc1cnc[nH]1)C(=O)O. The van der Waals surface area contributed by atoms with Crippen LogP contribution in [-0.4, -0.2) is 87.2 Å². The van der Waals surface area contributed by atoms with Crippen molar-refractivity contribution in [1.82, 2.24) is 25.9 Å². The molecule has 0 saturated heterocycles. The van der Waals surface area contributed by atoms with Gasteiger partial charge in [0, 0.05) is 24.9 Å². The van der Waals surface area contributed by atoms with Crippen molar-refractivity contribution in [3.63, 3.8) is 0 Å². The maximum atomic E-state index is 12.9. The van der Waals surface area contributed by atoms with Gasteiger partial charge in [0.2, 0.25) is 17.7 Å². The van der Waals surface area contributed by atoms with Crippen LogP contribution in [-0.2, 0) is 25.6 Å². The average molecular weight is 512 g/mol. The number of carboxylic acid groups (broad SMARTS) is 1. The van der Waals surface area contributed by atoms with Crippen LogP contribution < -0.4 is 33.2 Å². The number of nitrogens with zero attached hydrogens (tertiary/aromatic N) is 2. The van der Waals surface area contributed by atoms with E-state index in [0.29, 0.717) is 18.5 Å². The summed E-state index contributed by atoms with van der Waals surface area (Å²) in [5.74, 6) is -3.95. The Balaban J connectivity index is 2.81. The number of H-pyrrole nitrogens is 1. The fourth-order valence-electron chi connectivity index (χ4n) is 3.16. The Labute approximate surface area is 208 Å². The van der Waals surface area contributed by atoms with Crippen LogP contribution in [0.3, 0.4) is 0 Å². The van der Waals surface area contributed by atoms with Crippen LogP contribution in [0.1, 0.15) is 38.8 Å². The van der Waals surface area contributed by atoms with Crippen LogP contribution >= 0.6 is 0 Å². The fourth-order valence-corrected chi connectivity index (χ4v) is 3.16. The molecule has 0 radical (unpaired) electrons. The van der Waals surface area contributed by atoms with E-state index in [1.165, 1.54) is 12.5 Å². The highest BCUT2D eigenvalue weighted by atomic mass is 16.4. The third-order valence-corrected chi connectivity index (χ3v) is 5.51. The molecule has 0 bridgehead atoms. The molecule has 15 heteroatoms. The van der Waals surface area contributed by atoms with Gasteiger partial charge in [0.25, 0.3) is 0 Å². The quantitative estimate of drug-likeness (QED) is 0.0613. The fraction of sp³-hybridized carbons (Fsp3) is 0.619. The summed E-state index contributed by atoms with van der Waals surface area (Å²) in [4.78, 5) is 60.1. The number of carbonyl (C=O) groups excluding carboxylic acids is 3. The third kappa shape index (κ3) is 10.3. The minimum absolute atomic E-state index is 0.0430. The highest BCUT2D eigenvalue weighted by Gasteiger charge is 2.32. The van der Waals surface area contributed by atoms with Crippen LogP contribution in [0.25, 0.3) is 0 Å². The Morgan fingerprint density at radius 2 is 1.78 bits per heavy atom. The number of aromatic nitrogens is 2. The first-order chi connectivity index (χ1) is 17.0. The largest absolute Gasteiger partial charge is 0.480 e. The summed E-state index contributed by atoms with van der Waals surface area (Å²) >= 11 is 0. The van der Waals surface area contributed by atoms with Gasteiger partial charge in [-0.05, 0) is 18.8 Å². The van der Waals surface area contributed by atoms with Crippen molar-refractivity contribution in [2.24, 2.45) is 28.1 Å². The average Bonchev–Trinajstić information content (AvgIpc) is 3.35. The Morgan fingerprint density at radius 1 is 1.11 bits per heavy atom. The number of hydrogen-bond donors (Lipinski definition) is 9. The summed E-state index contributed by atoms with van der Waals surface area (Å²) in [6.45, 7) is 3.03. The second-order valence-electron chi connectivity index (χ2n) is 8.35. The van der Waals surface area contributed by atoms with Crippen molar-refractivity contribution in [2.45, 2.75) is 63.7 Å². The van der Waals surface area contributed by atoms with Crippen LogP contribution in [0.2, 0.25) is 0 Å². The molecule has 5 unspecified atom stereocenters. The van der Waals surface area contributed by atoms with Gasteiger partial charge in [0.05, 0.1) is 19.0 Å². The van der Waals surface area contributed by atoms with E-state index < -0.39 is 54.5 Å². The maximum Gasteiger partial charge on any atom is 0.326 e. The minimum atomic E-state index is -1.37. The molecule has 1 aromatic heterocycles. The van der Waals surface area contributed by atoms with Gasteiger partial charge in [0.15, 0.2) is 5.96 Å².